The van der Waals surface area contributed by atoms with E-state index in [1.54, 1.807) is 0 Å². The van der Waals surface area contributed by atoms with Crippen LogP contribution in [0.25, 0.3) is 0 Å². The Balaban J connectivity index is 0. The number of carbonyl (C=O) groups is 2. The Labute approximate surface area is 84.9 Å². The Kier molecular flexibility index (Phi) is 11.0. The summed E-state index contributed by atoms with van der Waals surface area (Å²) in [5.74, 6) is -0.620. The fourth-order valence-electron chi connectivity index (χ4n) is 1.13. The molecule has 1 fully saturated rings. The maximum atomic E-state index is 9.00. The van der Waals surface area contributed by atoms with Crippen molar-refractivity contribution < 1.29 is 19.8 Å². The average molecular weight is 204 g/mol. The third kappa shape index (κ3) is 30.6. The van der Waals surface area contributed by atoms with E-state index < -0.39 is 11.9 Å². The first-order valence-corrected chi connectivity index (χ1v) is 4.75. The molecule has 0 heterocycles. The van der Waals surface area contributed by atoms with Crippen LogP contribution in [0.4, 0.5) is 0 Å². The first kappa shape index (κ1) is 15.4. The molecule has 1 aliphatic carbocycles. The molecule has 84 valence electrons. The molecule has 14 heavy (non-hydrogen) atoms. The molecule has 0 aliphatic heterocycles. The molecule has 0 aromatic rings. The normalized spacial score (nSPS) is 14.5. The second-order valence-electron chi connectivity index (χ2n) is 3.43. The summed E-state index contributed by atoms with van der Waals surface area (Å²) in [4.78, 5) is 18.0. The van der Waals surface area contributed by atoms with Crippen LogP contribution in [0.2, 0.25) is 0 Å². The SMILES string of the molecule is CC(=O)O.CC(=O)O.CC1CCCC1. The van der Waals surface area contributed by atoms with Gasteiger partial charge in [-0.25, -0.2) is 0 Å². The van der Waals surface area contributed by atoms with Crippen LogP contribution in [-0.4, -0.2) is 22.2 Å². The molecule has 0 atom stereocenters. The Morgan fingerprint density at radius 3 is 1.29 bits per heavy atom. The Hall–Kier alpha value is -1.06. The number of hydrogen-bond donors (Lipinski definition) is 2. The van der Waals surface area contributed by atoms with E-state index in [1.165, 1.54) is 25.7 Å². The lowest BCUT2D eigenvalue weighted by atomic mass is 10.2. The van der Waals surface area contributed by atoms with Crippen LogP contribution in [0.5, 0.6) is 0 Å². The Morgan fingerprint density at radius 1 is 1.00 bits per heavy atom. The molecule has 1 saturated carbocycles. The highest BCUT2D eigenvalue weighted by atomic mass is 16.4. The largest absolute Gasteiger partial charge is 0.481 e. The van der Waals surface area contributed by atoms with Gasteiger partial charge in [0.15, 0.2) is 0 Å². The maximum absolute atomic E-state index is 9.00. The van der Waals surface area contributed by atoms with E-state index in [1.807, 2.05) is 0 Å². The summed E-state index contributed by atoms with van der Waals surface area (Å²) >= 11 is 0. The van der Waals surface area contributed by atoms with Crippen LogP contribution in [-0.2, 0) is 9.59 Å². The van der Waals surface area contributed by atoms with Crippen molar-refractivity contribution >= 4 is 11.9 Å². The first-order valence-electron chi connectivity index (χ1n) is 4.75. The van der Waals surface area contributed by atoms with Gasteiger partial charge in [0, 0.05) is 13.8 Å². The van der Waals surface area contributed by atoms with Crippen molar-refractivity contribution in [2.45, 2.75) is 46.5 Å². The van der Waals surface area contributed by atoms with Crippen LogP contribution in [0, 0.1) is 5.92 Å². The van der Waals surface area contributed by atoms with Gasteiger partial charge in [-0.2, -0.15) is 0 Å². The molecule has 0 unspecified atom stereocenters. The van der Waals surface area contributed by atoms with Crippen molar-refractivity contribution in [1.82, 2.24) is 0 Å². The second-order valence-corrected chi connectivity index (χ2v) is 3.43. The quantitative estimate of drug-likeness (QED) is 0.635. The van der Waals surface area contributed by atoms with Gasteiger partial charge in [0.25, 0.3) is 11.9 Å². The minimum Gasteiger partial charge on any atom is -0.481 e. The lowest BCUT2D eigenvalue weighted by molar-refractivity contribution is -0.135. The van der Waals surface area contributed by atoms with E-state index in [2.05, 4.69) is 6.92 Å². The summed E-state index contributed by atoms with van der Waals surface area (Å²) in [6.45, 7) is 4.51. The molecule has 0 spiro atoms. The number of aliphatic carboxylic acids is 2. The molecule has 2 N–H and O–H groups in total. The molecule has 4 nitrogen and oxygen atoms in total. The molecule has 0 aromatic carbocycles. The fourth-order valence-corrected chi connectivity index (χ4v) is 1.13. The summed E-state index contributed by atoms with van der Waals surface area (Å²) in [7, 11) is 0. The van der Waals surface area contributed by atoms with Crippen molar-refractivity contribution in [3.63, 3.8) is 0 Å². The number of hydrogen-bond acceptors (Lipinski definition) is 2. The van der Waals surface area contributed by atoms with Gasteiger partial charge in [0.05, 0.1) is 0 Å². The minimum absolute atomic E-state index is 0.833. The van der Waals surface area contributed by atoms with E-state index in [0.717, 1.165) is 19.8 Å². The van der Waals surface area contributed by atoms with E-state index in [-0.39, 0.29) is 0 Å². The van der Waals surface area contributed by atoms with Gasteiger partial charge in [0.1, 0.15) is 0 Å². The second kappa shape index (κ2) is 10.0. The van der Waals surface area contributed by atoms with Crippen molar-refractivity contribution in [1.29, 1.82) is 0 Å². The van der Waals surface area contributed by atoms with E-state index >= 15 is 0 Å². The predicted molar refractivity (Wildman–Crippen MR) is 54.3 cm³/mol. The molecular formula is C10H20O4. The molecular weight excluding hydrogens is 184 g/mol. The summed E-state index contributed by atoms with van der Waals surface area (Å²) in [5, 5.41) is 14.8. The zero-order chi connectivity index (χ0) is 11.6. The van der Waals surface area contributed by atoms with Crippen molar-refractivity contribution in [3.05, 3.63) is 0 Å². The monoisotopic (exact) mass is 204 g/mol. The van der Waals surface area contributed by atoms with Gasteiger partial charge in [0.2, 0.25) is 0 Å². The molecule has 1 aliphatic rings. The summed E-state index contributed by atoms with van der Waals surface area (Å²) in [5.41, 5.74) is 0. The Morgan fingerprint density at radius 2 is 1.21 bits per heavy atom. The van der Waals surface area contributed by atoms with Gasteiger partial charge >= 0.3 is 0 Å². The topological polar surface area (TPSA) is 74.6 Å². The zero-order valence-corrected chi connectivity index (χ0v) is 9.12. The molecule has 0 amide bonds. The van der Waals surface area contributed by atoms with Gasteiger partial charge in [-0.15, -0.1) is 0 Å². The van der Waals surface area contributed by atoms with Crippen molar-refractivity contribution in [2.75, 3.05) is 0 Å². The third-order valence-corrected chi connectivity index (χ3v) is 1.64. The van der Waals surface area contributed by atoms with Crippen LogP contribution >= 0.6 is 0 Å². The lowest BCUT2D eigenvalue weighted by Gasteiger charge is -1.91. The highest BCUT2D eigenvalue weighted by Gasteiger charge is 2.07. The minimum atomic E-state index is -0.833. The maximum Gasteiger partial charge on any atom is 0.300 e. The average Bonchev–Trinajstić information content (AvgIpc) is 2.36. The highest BCUT2D eigenvalue weighted by Crippen LogP contribution is 2.22. The van der Waals surface area contributed by atoms with Crippen molar-refractivity contribution in [2.24, 2.45) is 5.92 Å². The van der Waals surface area contributed by atoms with Crippen molar-refractivity contribution in [3.8, 4) is 0 Å². The van der Waals surface area contributed by atoms with Gasteiger partial charge < -0.3 is 10.2 Å². The van der Waals surface area contributed by atoms with Crippen LogP contribution < -0.4 is 0 Å². The number of carboxylic acids is 2. The third-order valence-electron chi connectivity index (χ3n) is 1.64. The lowest BCUT2D eigenvalue weighted by Crippen LogP contribution is -1.78. The van der Waals surface area contributed by atoms with Gasteiger partial charge in [-0.1, -0.05) is 32.6 Å². The van der Waals surface area contributed by atoms with E-state index in [9.17, 15) is 0 Å². The molecule has 4 heteroatoms. The smallest absolute Gasteiger partial charge is 0.300 e. The summed E-state index contributed by atoms with van der Waals surface area (Å²) < 4.78 is 0. The molecule has 0 bridgehead atoms. The number of carboxylic acid groups (broad SMARTS) is 2. The predicted octanol–water partition coefficient (Wildman–Crippen LogP) is 2.38. The molecule has 0 radical (unpaired) electrons. The standard InChI is InChI=1S/C6H12.2C2H4O2/c1-6-4-2-3-5-6;2*1-2(3)4/h6H,2-5H2,1H3;2*1H3,(H,3,4). The Bertz CT molecular complexity index is 140. The summed E-state index contributed by atoms with van der Waals surface area (Å²) in [6, 6.07) is 0. The molecule has 0 aromatic heterocycles. The van der Waals surface area contributed by atoms with E-state index in [0.29, 0.717) is 0 Å². The van der Waals surface area contributed by atoms with Gasteiger partial charge in [-0.05, 0) is 5.92 Å². The van der Waals surface area contributed by atoms with Gasteiger partial charge in [-0.3, -0.25) is 9.59 Å². The zero-order valence-electron chi connectivity index (χ0n) is 9.12. The highest BCUT2D eigenvalue weighted by molar-refractivity contribution is 5.63. The van der Waals surface area contributed by atoms with E-state index in [4.69, 9.17) is 19.8 Å². The molecule has 1 rings (SSSR count). The van der Waals surface area contributed by atoms with Crippen LogP contribution in [0.1, 0.15) is 46.5 Å². The molecule has 0 saturated heterocycles. The first-order chi connectivity index (χ1) is 6.36. The van der Waals surface area contributed by atoms with Crippen LogP contribution in [0.15, 0.2) is 0 Å². The number of rotatable bonds is 0. The fraction of sp³-hybridized carbons (Fsp3) is 0.800. The summed E-state index contributed by atoms with van der Waals surface area (Å²) in [6.07, 6.45) is 5.95. The van der Waals surface area contributed by atoms with Crippen LogP contribution in [0.3, 0.4) is 0 Å².